The lowest BCUT2D eigenvalue weighted by Gasteiger charge is -2.33. The van der Waals surface area contributed by atoms with E-state index >= 15 is 0 Å². The number of anilines is 2. The highest BCUT2D eigenvalue weighted by Gasteiger charge is 2.38. The molecular weight excluding hydrogens is 413 g/mol. The Morgan fingerprint density at radius 2 is 2.16 bits per heavy atom. The van der Waals surface area contributed by atoms with E-state index in [4.69, 9.17) is 9.47 Å². The standard InChI is InChI=1S/C24H24FN3O4/c1-24(2)18(14-3-6-21(26-11-14)28-7-8-31-16(12-28)13-29)10-20(32-24)22-17-9-15(25)4-5-19(17)27-23(22)30/h3-6,9-11,16,29H,7-8,12-13H2,1-2H3,(H,27,30)/b22-20+. The first-order valence-electron chi connectivity index (χ1n) is 10.6. The summed E-state index contributed by atoms with van der Waals surface area (Å²) in [7, 11) is 0. The summed E-state index contributed by atoms with van der Waals surface area (Å²) in [6.45, 7) is 5.66. The van der Waals surface area contributed by atoms with Crippen molar-refractivity contribution in [3.05, 3.63) is 65.3 Å². The summed E-state index contributed by atoms with van der Waals surface area (Å²) in [6, 6.07) is 8.12. The van der Waals surface area contributed by atoms with E-state index in [9.17, 15) is 14.3 Å². The number of hydrogen-bond donors (Lipinski definition) is 2. The number of morpholine rings is 1. The van der Waals surface area contributed by atoms with Crippen LogP contribution in [0.15, 0.2) is 48.4 Å². The summed E-state index contributed by atoms with van der Waals surface area (Å²) >= 11 is 0. The van der Waals surface area contributed by atoms with Gasteiger partial charge in [-0.2, -0.15) is 0 Å². The third kappa shape index (κ3) is 3.55. The number of fused-ring (bicyclic) bond motifs is 1. The molecule has 32 heavy (non-hydrogen) atoms. The van der Waals surface area contributed by atoms with Crippen molar-refractivity contribution in [1.29, 1.82) is 0 Å². The van der Waals surface area contributed by atoms with E-state index in [-0.39, 0.29) is 18.6 Å². The molecule has 1 aromatic heterocycles. The first-order chi connectivity index (χ1) is 15.4. The molecule has 3 aliphatic heterocycles. The van der Waals surface area contributed by atoms with Gasteiger partial charge in [-0.1, -0.05) is 0 Å². The highest BCUT2D eigenvalue weighted by Crippen LogP contribution is 2.44. The normalized spacial score (nSPS) is 24.1. The number of halogens is 1. The van der Waals surface area contributed by atoms with Crippen LogP contribution in [0.5, 0.6) is 0 Å². The number of allylic oxidation sites excluding steroid dienone is 1. The van der Waals surface area contributed by atoms with E-state index in [0.717, 1.165) is 17.0 Å². The van der Waals surface area contributed by atoms with Crippen molar-refractivity contribution in [1.82, 2.24) is 4.98 Å². The summed E-state index contributed by atoms with van der Waals surface area (Å²) in [6.07, 6.45) is 3.41. The molecule has 2 N–H and O–H groups in total. The Labute approximate surface area is 185 Å². The van der Waals surface area contributed by atoms with Gasteiger partial charge in [0.15, 0.2) is 0 Å². The van der Waals surface area contributed by atoms with Gasteiger partial charge in [0.25, 0.3) is 5.91 Å². The van der Waals surface area contributed by atoms with E-state index in [1.165, 1.54) is 12.1 Å². The molecule has 1 aromatic carbocycles. The Bertz CT molecular complexity index is 1140. The first kappa shape index (κ1) is 20.7. The predicted octanol–water partition coefficient (Wildman–Crippen LogP) is 2.97. The van der Waals surface area contributed by atoms with Gasteiger partial charge in [0.2, 0.25) is 0 Å². The lowest BCUT2D eigenvalue weighted by atomic mass is 9.93. The van der Waals surface area contributed by atoms with Gasteiger partial charge in [-0.25, -0.2) is 9.37 Å². The van der Waals surface area contributed by atoms with Crippen LogP contribution in [0.4, 0.5) is 15.9 Å². The summed E-state index contributed by atoms with van der Waals surface area (Å²) < 4.78 is 25.5. The molecule has 1 fully saturated rings. The zero-order valence-electron chi connectivity index (χ0n) is 17.9. The molecule has 0 bridgehead atoms. The molecule has 2 aromatic rings. The number of amides is 1. The number of hydrogen-bond acceptors (Lipinski definition) is 6. The van der Waals surface area contributed by atoms with Crippen LogP contribution in [-0.4, -0.2) is 54.0 Å². The summed E-state index contributed by atoms with van der Waals surface area (Å²) in [5, 5.41) is 12.1. The van der Waals surface area contributed by atoms with Crippen LogP contribution >= 0.6 is 0 Å². The number of aliphatic hydroxyl groups excluding tert-OH is 1. The lowest BCUT2D eigenvalue weighted by molar-refractivity contribution is -0.111. The van der Waals surface area contributed by atoms with Crippen LogP contribution < -0.4 is 10.2 Å². The van der Waals surface area contributed by atoms with Crippen LogP contribution in [0.1, 0.15) is 25.0 Å². The molecule has 1 atom stereocenters. The van der Waals surface area contributed by atoms with Gasteiger partial charge >= 0.3 is 0 Å². The van der Waals surface area contributed by atoms with Gasteiger partial charge in [-0.3, -0.25) is 4.79 Å². The lowest BCUT2D eigenvalue weighted by Crippen LogP contribution is -2.44. The number of pyridine rings is 1. The van der Waals surface area contributed by atoms with Crippen LogP contribution in [0, 0.1) is 5.82 Å². The van der Waals surface area contributed by atoms with Crippen LogP contribution in [-0.2, 0) is 14.3 Å². The monoisotopic (exact) mass is 437 g/mol. The Hall–Kier alpha value is -3.23. The number of aromatic nitrogens is 1. The minimum Gasteiger partial charge on any atom is -0.482 e. The number of rotatable bonds is 3. The second-order valence-corrected chi connectivity index (χ2v) is 8.58. The third-order valence-corrected chi connectivity index (χ3v) is 5.99. The zero-order chi connectivity index (χ0) is 22.5. The average molecular weight is 437 g/mol. The van der Waals surface area contributed by atoms with Crippen molar-refractivity contribution in [2.75, 3.05) is 36.5 Å². The maximum atomic E-state index is 13.8. The number of nitrogens with zero attached hydrogens (tertiary/aromatic N) is 2. The fourth-order valence-electron chi connectivity index (χ4n) is 4.37. The number of carbonyl (C=O) groups excluding carboxylic acids is 1. The number of nitrogens with one attached hydrogen (secondary N) is 1. The summed E-state index contributed by atoms with van der Waals surface area (Å²) in [5.41, 5.74) is 2.46. The van der Waals surface area contributed by atoms with E-state index in [1.54, 1.807) is 12.3 Å². The topological polar surface area (TPSA) is 83.9 Å². The molecule has 5 rings (SSSR count). The van der Waals surface area contributed by atoms with Crippen molar-refractivity contribution in [2.45, 2.75) is 25.6 Å². The molecule has 1 amide bonds. The molecule has 0 radical (unpaired) electrons. The Balaban J connectivity index is 1.48. The van der Waals surface area contributed by atoms with E-state index in [2.05, 4.69) is 15.2 Å². The fraction of sp³-hybridized carbons (Fsp3) is 0.333. The fourth-order valence-corrected chi connectivity index (χ4v) is 4.37. The molecule has 3 aliphatic rings. The van der Waals surface area contributed by atoms with Crippen LogP contribution in [0.2, 0.25) is 0 Å². The molecule has 1 unspecified atom stereocenters. The Morgan fingerprint density at radius 1 is 1.31 bits per heavy atom. The quantitative estimate of drug-likeness (QED) is 0.719. The highest BCUT2D eigenvalue weighted by atomic mass is 19.1. The summed E-state index contributed by atoms with van der Waals surface area (Å²) in [4.78, 5) is 19.3. The van der Waals surface area contributed by atoms with Gasteiger partial charge in [-0.15, -0.1) is 0 Å². The molecule has 166 valence electrons. The largest absolute Gasteiger partial charge is 0.482 e. The predicted molar refractivity (Wildman–Crippen MR) is 118 cm³/mol. The molecule has 0 saturated carbocycles. The van der Waals surface area contributed by atoms with Crippen molar-refractivity contribution in [3.8, 4) is 0 Å². The van der Waals surface area contributed by atoms with Crippen molar-refractivity contribution < 1.29 is 23.8 Å². The van der Waals surface area contributed by atoms with Gasteiger partial charge in [0.1, 0.15) is 23.0 Å². The third-order valence-electron chi connectivity index (χ3n) is 5.99. The van der Waals surface area contributed by atoms with E-state index < -0.39 is 11.4 Å². The first-order valence-corrected chi connectivity index (χ1v) is 10.6. The highest BCUT2D eigenvalue weighted by molar-refractivity contribution is 6.32. The Morgan fingerprint density at radius 3 is 2.91 bits per heavy atom. The molecule has 7 nitrogen and oxygen atoms in total. The number of carbonyl (C=O) groups is 1. The Kier molecular flexibility index (Phi) is 4.98. The minimum absolute atomic E-state index is 0.0228. The van der Waals surface area contributed by atoms with Crippen molar-refractivity contribution in [3.63, 3.8) is 0 Å². The SMILES string of the molecule is CC1(C)O/C(=C2/C(=O)Nc3ccc(F)cc32)C=C1c1ccc(N2CCOC(CO)C2)nc1. The van der Waals surface area contributed by atoms with Gasteiger partial charge in [-0.05, 0) is 50.3 Å². The van der Waals surface area contributed by atoms with Crippen molar-refractivity contribution in [2.24, 2.45) is 0 Å². The molecule has 8 heteroatoms. The van der Waals surface area contributed by atoms with E-state index in [1.807, 2.05) is 32.1 Å². The molecule has 0 spiro atoms. The average Bonchev–Trinajstić information content (AvgIpc) is 3.28. The summed E-state index contributed by atoms with van der Waals surface area (Å²) in [5.74, 6) is 0.500. The number of aliphatic hydroxyl groups is 1. The van der Waals surface area contributed by atoms with Crippen LogP contribution in [0.3, 0.4) is 0 Å². The maximum absolute atomic E-state index is 13.8. The van der Waals surface area contributed by atoms with Crippen molar-refractivity contribution >= 4 is 28.6 Å². The zero-order valence-corrected chi connectivity index (χ0v) is 17.9. The van der Waals surface area contributed by atoms with Gasteiger partial charge in [0.05, 0.1) is 24.9 Å². The molecule has 4 heterocycles. The smallest absolute Gasteiger partial charge is 0.260 e. The van der Waals surface area contributed by atoms with Gasteiger partial charge < -0.3 is 24.8 Å². The van der Waals surface area contributed by atoms with Crippen LogP contribution in [0.25, 0.3) is 11.1 Å². The molecule has 1 saturated heterocycles. The molecular formula is C24H24FN3O4. The molecule has 0 aliphatic carbocycles. The second-order valence-electron chi connectivity index (χ2n) is 8.58. The van der Waals surface area contributed by atoms with Gasteiger partial charge in [0, 0.05) is 41.7 Å². The second kappa shape index (κ2) is 7.72. The number of ether oxygens (including phenoxy) is 2. The minimum atomic E-state index is -0.692. The number of benzene rings is 1. The maximum Gasteiger partial charge on any atom is 0.260 e. The van der Waals surface area contributed by atoms with E-state index in [0.29, 0.717) is 42.3 Å².